The lowest BCUT2D eigenvalue weighted by molar-refractivity contribution is -0.117. The Balaban J connectivity index is 0.00000112. The number of hydrogen-bond acceptors (Lipinski definition) is 9. The highest BCUT2D eigenvalue weighted by Crippen LogP contribution is 2.30. The molecule has 0 spiro atoms. The zero-order valence-corrected chi connectivity index (χ0v) is 22.1. The Kier molecular flexibility index (Phi) is 12.6. The molecule has 0 radical (unpaired) electrons. The van der Waals surface area contributed by atoms with E-state index in [1.165, 1.54) is 0 Å². The van der Waals surface area contributed by atoms with Crippen molar-refractivity contribution in [1.29, 1.82) is 0 Å². The topological polar surface area (TPSA) is 118 Å². The normalized spacial score (nSPS) is 13.7. The third-order valence-corrected chi connectivity index (χ3v) is 5.82. The van der Waals surface area contributed by atoms with Crippen molar-refractivity contribution in [2.24, 2.45) is 15.9 Å². The number of nitrogens with zero attached hydrogens (tertiary/aromatic N) is 5. The highest BCUT2D eigenvalue weighted by atomic mass is 32.1. The summed E-state index contributed by atoms with van der Waals surface area (Å²) in [4.78, 5) is 27.6. The molecule has 0 bridgehead atoms. The summed E-state index contributed by atoms with van der Waals surface area (Å²) in [6.07, 6.45) is 12.4. The van der Waals surface area contributed by atoms with Crippen LogP contribution in [0.15, 0.2) is 57.0 Å². The van der Waals surface area contributed by atoms with Crippen molar-refractivity contribution in [2.75, 3.05) is 37.7 Å². The summed E-state index contributed by atoms with van der Waals surface area (Å²) in [5, 5.41) is 6.57. The minimum Gasteiger partial charge on any atom is -0.378 e. The number of nitrogens with one attached hydrogen (secondary N) is 1. The minimum atomic E-state index is -0.0665. The minimum absolute atomic E-state index is 0.0665. The van der Waals surface area contributed by atoms with Gasteiger partial charge in [0, 0.05) is 49.1 Å². The number of nitrogens with two attached hydrogens (primary N) is 1. The molecule has 1 saturated heterocycles. The molecule has 0 aliphatic carbocycles. The maximum Gasteiger partial charge on any atom is 0.247 e. The first kappa shape index (κ1) is 29.3. The number of allylic oxidation sites excluding steroid dienone is 1. The Hall–Kier alpha value is -3.94. The van der Waals surface area contributed by atoms with Crippen molar-refractivity contribution in [3.05, 3.63) is 53.2 Å². The molecule has 1 aliphatic heterocycles. The van der Waals surface area contributed by atoms with Gasteiger partial charge < -0.3 is 20.8 Å². The molecule has 1 aromatic heterocycles. The second kappa shape index (κ2) is 15.9. The average molecular weight is 520 g/mol. The fourth-order valence-electron chi connectivity index (χ4n) is 3.52. The zero-order chi connectivity index (χ0) is 27.0. The van der Waals surface area contributed by atoms with Gasteiger partial charge in [-0.15, -0.1) is 12.6 Å². The lowest BCUT2D eigenvalue weighted by Gasteiger charge is -2.29. The van der Waals surface area contributed by atoms with E-state index in [1.54, 1.807) is 6.21 Å². The van der Waals surface area contributed by atoms with Gasteiger partial charge in [-0.3, -0.25) is 4.79 Å². The molecule has 194 valence electrons. The van der Waals surface area contributed by atoms with E-state index in [9.17, 15) is 4.79 Å². The third-order valence-electron chi connectivity index (χ3n) is 5.39. The van der Waals surface area contributed by atoms with Gasteiger partial charge in [0.15, 0.2) is 5.82 Å². The average Bonchev–Trinajstić information content (AvgIpc) is 2.93. The van der Waals surface area contributed by atoms with Crippen LogP contribution in [0.2, 0.25) is 0 Å². The molecule has 2 aromatic rings. The molecule has 3 N–H and O–H groups in total. The number of aromatic nitrogens is 2. The number of benzene rings is 1. The summed E-state index contributed by atoms with van der Waals surface area (Å²) < 4.78 is 5.50. The highest BCUT2D eigenvalue weighted by molar-refractivity contribution is 7.80. The Morgan fingerprint density at radius 1 is 1.35 bits per heavy atom. The number of hydrogen-bond donors (Lipinski definition) is 3. The van der Waals surface area contributed by atoms with Gasteiger partial charge in [0.05, 0.1) is 30.0 Å². The van der Waals surface area contributed by atoms with Crippen LogP contribution in [0.4, 0.5) is 5.82 Å². The van der Waals surface area contributed by atoms with Crippen molar-refractivity contribution >= 4 is 43.4 Å². The van der Waals surface area contributed by atoms with Crippen LogP contribution in [-0.4, -0.2) is 61.7 Å². The summed E-state index contributed by atoms with van der Waals surface area (Å²) in [5.41, 5.74) is 3.06. The third kappa shape index (κ3) is 8.59. The van der Waals surface area contributed by atoms with Crippen molar-refractivity contribution in [2.45, 2.75) is 25.2 Å². The van der Waals surface area contributed by atoms with E-state index >= 15 is 0 Å². The predicted molar refractivity (Wildman–Crippen MR) is 154 cm³/mol. The molecule has 10 heteroatoms. The number of aliphatic imine (C=N–C) groups is 1. The van der Waals surface area contributed by atoms with Gasteiger partial charge >= 0.3 is 0 Å². The molecule has 9 nitrogen and oxygen atoms in total. The van der Waals surface area contributed by atoms with E-state index < -0.39 is 0 Å². The van der Waals surface area contributed by atoms with E-state index in [4.69, 9.17) is 33.2 Å². The quantitative estimate of drug-likeness (QED) is 0.123. The molecule has 1 aromatic carbocycles. The van der Waals surface area contributed by atoms with Crippen LogP contribution < -0.4 is 16.1 Å². The summed E-state index contributed by atoms with van der Waals surface area (Å²) in [7, 11) is 0. The molecular weight excluding hydrogens is 486 g/mol. The van der Waals surface area contributed by atoms with Gasteiger partial charge in [0.1, 0.15) is 5.82 Å². The maximum absolute atomic E-state index is 12.2. The van der Waals surface area contributed by atoms with Gasteiger partial charge in [-0.2, -0.15) is 5.10 Å². The molecule has 37 heavy (non-hydrogen) atoms. The van der Waals surface area contributed by atoms with E-state index in [0.29, 0.717) is 42.6 Å². The molecule has 3 rings (SSSR count). The SMILES string of the molecule is C#CN=C.C/C=C(\CC)C(=O)NC/C=C/c1nc(-c2ccccc2/C=N\N)nc(N2CCOCC2)c1S. The molecule has 0 saturated carbocycles. The van der Waals surface area contributed by atoms with Crippen LogP contribution >= 0.6 is 12.6 Å². The Morgan fingerprint density at radius 2 is 2.05 bits per heavy atom. The number of terminal acetylenes is 1. The lowest BCUT2D eigenvalue weighted by Crippen LogP contribution is -2.37. The van der Waals surface area contributed by atoms with Gasteiger partial charge in [0.25, 0.3) is 0 Å². The molecule has 1 aliphatic rings. The number of rotatable bonds is 8. The van der Waals surface area contributed by atoms with Gasteiger partial charge in [-0.1, -0.05) is 49.8 Å². The van der Waals surface area contributed by atoms with Gasteiger partial charge in [0.2, 0.25) is 5.91 Å². The van der Waals surface area contributed by atoms with Crippen LogP contribution in [0.1, 0.15) is 31.5 Å². The van der Waals surface area contributed by atoms with Crippen molar-refractivity contribution in [3.63, 3.8) is 0 Å². The van der Waals surface area contributed by atoms with Crippen LogP contribution in [-0.2, 0) is 9.53 Å². The number of morpholine rings is 1. The van der Waals surface area contributed by atoms with E-state index in [2.05, 4.69) is 33.5 Å². The van der Waals surface area contributed by atoms with Crippen molar-refractivity contribution in [1.82, 2.24) is 15.3 Å². The Labute approximate surface area is 224 Å². The number of amides is 1. The molecule has 2 heterocycles. The number of ether oxygens (including phenoxy) is 1. The van der Waals surface area contributed by atoms with Gasteiger partial charge in [-0.25, -0.2) is 15.0 Å². The Morgan fingerprint density at radius 3 is 2.68 bits per heavy atom. The number of thiol groups is 1. The number of carbonyl (C=O) groups excluding carboxylic acids is 1. The largest absolute Gasteiger partial charge is 0.378 e. The molecular formula is C27H33N7O2S. The van der Waals surface area contributed by atoms with Crippen molar-refractivity contribution in [3.8, 4) is 23.9 Å². The highest BCUT2D eigenvalue weighted by Gasteiger charge is 2.20. The molecule has 1 amide bonds. The summed E-state index contributed by atoms with van der Waals surface area (Å²) in [6.45, 7) is 9.90. The number of anilines is 1. The maximum atomic E-state index is 12.2. The first-order valence-electron chi connectivity index (χ1n) is 11.8. The van der Waals surface area contributed by atoms with E-state index in [1.807, 2.05) is 62.4 Å². The van der Waals surface area contributed by atoms with Crippen LogP contribution in [0, 0.1) is 12.5 Å². The predicted octanol–water partition coefficient (Wildman–Crippen LogP) is 3.32. The second-order valence-corrected chi connectivity index (χ2v) is 8.08. The van der Waals surface area contributed by atoms with E-state index in [-0.39, 0.29) is 5.91 Å². The van der Waals surface area contributed by atoms with Crippen LogP contribution in [0.3, 0.4) is 0 Å². The van der Waals surface area contributed by atoms with E-state index in [0.717, 1.165) is 35.6 Å². The van der Waals surface area contributed by atoms with Gasteiger partial charge in [-0.05, 0) is 19.4 Å². The first-order chi connectivity index (χ1) is 18.0. The van der Waals surface area contributed by atoms with Crippen LogP contribution in [0.25, 0.3) is 17.5 Å². The standard InChI is InChI=1S/C24H30N6O2S.C3H3N/c1-3-17(4-2)24(31)26-11-7-10-20-21(33)23(30-12-14-32-15-13-30)29-22(28-20)19-9-6-5-8-18(19)16-27-25;1-3-4-2/h3,5-10,16,33H,4,11-15,25H2,1-2H3,(H,26,31);1H,2H2/b10-7+,17-3+,27-16-;. The molecule has 0 unspecified atom stereocenters. The summed E-state index contributed by atoms with van der Waals surface area (Å²) >= 11 is 4.75. The first-order valence-corrected chi connectivity index (χ1v) is 12.2. The summed E-state index contributed by atoms with van der Waals surface area (Å²) in [5.74, 6) is 6.63. The van der Waals surface area contributed by atoms with Crippen LogP contribution in [0.5, 0.6) is 0 Å². The summed E-state index contributed by atoms with van der Waals surface area (Å²) in [6, 6.07) is 9.63. The Bertz CT molecular complexity index is 1200. The van der Waals surface area contributed by atoms with Crippen molar-refractivity contribution < 1.29 is 9.53 Å². The monoisotopic (exact) mass is 519 g/mol. The zero-order valence-electron chi connectivity index (χ0n) is 21.2. The fourth-order valence-corrected chi connectivity index (χ4v) is 3.83. The molecule has 0 atom stereocenters. The molecule has 1 fully saturated rings. The number of carbonyl (C=O) groups is 1. The second-order valence-electron chi connectivity index (χ2n) is 7.64. The fraction of sp³-hybridized carbons (Fsp3) is 0.296. The lowest BCUT2D eigenvalue weighted by atomic mass is 10.1. The smallest absolute Gasteiger partial charge is 0.247 e. The number of hydrazone groups is 1.